The number of carboxylic acid groups (broad SMARTS) is 1. The first kappa shape index (κ1) is 29.7. The van der Waals surface area contributed by atoms with Gasteiger partial charge in [-0.05, 0) is 55.0 Å². The van der Waals surface area contributed by atoms with Crippen molar-refractivity contribution < 1.29 is 29.4 Å². The van der Waals surface area contributed by atoms with Crippen LogP contribution in [0.3, 0.4) is 0 Å². The Balaban J connectivity index is 2.05. The molecule has 0 aromatic heterocycles. The number of phenolic OH excluding ortho intramolecular Hbond substituents is 1. The first-order chi connectivity index (χ1) is 17.6. The van der Waals surface area contributed by atoms with Crippen LogP contribution in [0.1, 0.15) is 24.5 Å². The van der Waals surface area contributed by atoms with Crippen molar-refractivity contribution in [3.63, 3.8) is 0 Å². The van der Waals surface area contributed by atoms with E-state index in [4.69, 9.17) is 5.73 Å². The van der Waals surface area contributed by atoms with Gasteiger partial charge in [-0.3, -0.25) is 14.4 Å². The van der Waals surface area contributed by atoms with Crippen molar-refractivity contribution in [2.45, 2.75) is 50.4 Å². The fraction of sp³-hybridized carbons (Fsp3) is 0.385. The van der Waals surface area contributed by atoms with Crippen molar-refractivity contribution in [3.05, 3.63) is 65.7 Å². The van der Waals surface area contributed by atoms with Crippen LogP contribution in [-0.4, -0.2) is 70.1 Å². The number of rotatable bonds is 14. The Morgan fingerprint density at radius 1 is 0.838 bits per heavy atom. The van der Waals surface area contributed by atoms with Gasteiger partial charge in [0.25, 0.3) is 0 Å². The van der Waals surface area contributed by atoms with Crippen LogP contribution in [0.5, 0.6) is 5.75 Å². The number of hydrogen-bond acceptors (Lipinski definition) is 7. The molecular weight excluding hydrogens is 496 g/mol. The van der Waals surface area contributed by atoms with Crippen LogP contribution in [0.2, 0.25) is 0 Å². The van der Waals surface area contributed by atoms with Crippen molar-refractivity contribution in [2.75, 3.05) is 12.0 Å². The second-order valence-corrected chi connectivity index (χ2v) is 9.62. The molecule has 0 unspecified atom stereocenters. The van der Waals surface area contributed by atoms with E-state index >= 15 is 0 Å². The summed E-state index contributed by atoms with van der Waals surface area (Å²) in [5.41, 5.74) is 7.49. The second kappa shape index (κ2) is 14.9. The lowest BCUT2D eigenvalue weighted by Gasteiger charge is -2.24. The molecule has 2 aromatic carbocycles. The quantitative estimate of drug-likeness (QED) is 0.208. The molecular formula is C26H34N4O6S. The van der Waals surface area contributed by atoms with Gasteiger partial charge in [0, 0.05) is 6.42 Å². The number of amides is 3. The van der Waals surface area contributed by atoms with Gasteiger partial charge in [0.2, 0.25) is 17.7 Å². The third-order valence-electron chi connectivity index (χ3n) is 5.62. The van der Waals surface area contributed by atoms with Gasteiger partial charge in [-0.1, -0.05) is 42.5 Å². The standard InChI is InChI=1S/C26H34N4O6S/c1-16(28-24(33)20(27)14-18-8-10-19(31)11-9-18)23(32)30-22(15-17-6-4-3-5-7-17)25(34)29-21(26(35)36)12-13-37-2/h3-11,16,20-22,31H,12-15,27H2,1-2H3,(H,28,33)(H,29,34)(H,30,32)(H,35,36)/t16-,20+,21+,22+/m1/s1. The van der Waals surface area contributed by atoms with E-state index in [0.717, 1.165) is 11.1 Å². The molecule has 0 aliphatic rings. The second-order valence-electron chi connectivity index (χ2n) is 8.64. The highest BCUT2D eigenvalue weighted by Gasteiger charge is 2.29. The number of benzene rings is 2. The molecule has 0 radical (unpaired) electrons. The SMILES string of the molecule is CSCC[C@H](NC(=O)[C@H](Cc1ccccc1)NC(=O)[C@@H](C)NC(=O)[C@@H](N)Cc1ccc(O)cc1)C(=O)O. The van der Waals surface area contributed by atoms with E-state index in [1.807, 2.05) is 12.3 Å². The number of carboxylic acids is 1. The zero-order chi connectivity index (χ0) is 27.4. The van der Waals surface area contributed by atoms with Crippen molar-refractivity contribution in [2.24, 2.45) is 5.73 Å². The van der Waals surface area contributed by atoms with E-state index in [0.29, 0.717) is 5.75 Å². The van der Waals surface area contributed by atoms with Gasteiger partial charge in [-0.2, -0.15) is 11.8 Å². The molecule has 200 valence electrons. The number of aliphatic carboxylic acids is 1. The molecule has 0 spiro atoms. The minimum atomic E-state index is -1.16. The Hall–Kier alpha value is -3.57. The Labute approximate surface area is 220 Å². The van der Waals surface area contributed by atoms with Crippen LogP contribution >= 0.6 is 11.8 Å². The first-order valence-electron chi connectivity index (χ1n) is 11.8. The largest absolute Gasteiger partial charge is 0.508 e. The van der Waals surface area contributed by atoms with Gasteiger partial charge >= 0.3 is 5.97 Å². The van der Waals surface area contributed by atoms with Crippen LogP contribution in [0, 0.1) is 0 Å². The minimum Gasteiger partial charge on any atom is -0.508 e. The zero-order valence-electron chi connectivity index (χ0n) is 20.8. The van der Waals surface area contributed by atoms with Crippen molar-refractivity contribution in [1.82, 2.24) is 16.0 Å². The zero-order valence-corrected chi connectivity index (χ0v) is 21.7. The monoisotopic (exact) mass is 530 g/mol. The van der Waals surface area contributed by atoms with Crippen LogP contribution in [-0.2, 0) is 32.0 Å². The minimum absolute atomic E-state index is 0.0973. The molecule has 0 heterocycles. The summed E-state index contributed by atoms with van der Waals surface area (Å²) >= 11 is 1.46. The lowest BCUT2D eigenvalue weighted by atomic mass is 10.0. The molecule has 0 bridgehead atoms. The molecule has 2 aromatic rings. The fourth-order valence-electron chi connectivity index (χ4n) is 3.49. The van der Waals surface area contributed by atoms with Crippen molar-refractivity contribution in [3.8, 4) is 5.75 Å². The Morgan fingerprint density at radius 3 is 2.03 bits per heavy atom. The van der Waals surface area contributed by atoms with E-state index in [1.165, 1.54) is 30.8 Å². The van der Waals surface area contributed by atoms with Gasteiger partial charge in [-0.15, -0.1) is 0 Å². The molecule has 0 saturated carbocycles. The molecule has 0 aliphatic carbocycles. The first-order valence-corrected chi connectivity index (χ1v) is 13.2. The van der Waals surface area contributed by atoms with Crippen LogP contribution in [0.15, 0.2) is 54.6 Å². The number of nitrogens with one attached hydrogen (secondary N) is 3. The molecule has 0 aliphatic heterocycles. The maximum absolute atomic E-state index is 13.0. The van der Waals surface area contributed by atoms with E-state index in [2.05, 4.69) is 16.0 Å². The average Bonchev–Trinajstić information content (AvgIpc) is 2.87. The summed E-state index contributed by atoms with van der Waals surface area (Å²) in [4.78, 5) is 50.1. The summed E-state index contributed by atoms with van der Waals surface area (Å²) in [5.74, 6) is -2.32. The van der Waals surface area contributed by atoms with Gasteiger partial charge in [0.05, 0.1) is 6.04 Å². The molecule has 11 heteroatoms. The number of hydrogen-bond donors (Lipinski definition) is 6. The molecule has 10 nitrogen and oxygen atoms in total. The third-order valence-corrected chi connectivity index (χ3v) is 6.27. The normalized spacial score (nSPS) is 14.0. The maximum atomic E-state index is 13.0. The number of nitrogens with two attached hydrogens (primary N) is 1. The maximum Gasteiger partial charge on any atom is 0.326 e. The highest BCUT2D eigenvalue weighted by molar-refractivity contribution is 7.98. The van der Waals surface area contributed by atoms with Crippen molar-refractivity contribution in [1.29, 1.82) is 0 Å². The highest BCUT2D eigenvalue weighted by Crippen LogP contribution is 2.11. The van der Waals surface area contributed by atoms with Crippen LogP contribution < -0.4 is 21.7 Å². The molecule has 3 amide bonds. The van der Waals surface area contributed by atoms with Gasteiger partial charge in [-0.25, -0.2) is 4.79 Å². The predicted octanol–water partition coefficient (Wildman–Crippen LogP) is 0.817. The van der Waals surface area contributed by atoms with E-state index in [9.17, 15) is 29.4 Å². The lowest BCUT2D eigenvalue weighted by Crippen LogP contribution is -2.57. The lowest BCUT2D eigenvalue weighted by molar-refractivity contribution is -0.142. The van der Waals surface area contributed by atoms with E-state index < -0.39 is 47.9 Å². The summed E-state index contributed by atoms with van der Waals surface area (Å²) in [6, 6.07) is 11.2. The number of aromatic hydroxyl groups is 1. The Bertz CT molecular complexity index is 1050. The molecule has 4 atom stereocenters. The van der Waals surface area contributed by atoms with Crippen LogP contribution in [0.25, 0.3) is 0 Å². The Morgan fingerprint density at radius 2 is 1.43 bits per heavy atom. The van der Waals surface area contributed by atoms with Gasteiger partial charge in [0.1, 0.15) is 23.9 Å². The predicted molar refractivity (Wildman–Crippen MR) is 142 cm³/mol. The van der Waals surface area contributed by atoms with Crippen LogP contribution in [0.4, 0.5) is 0 Å². The topological polar surface area (TPSA) is 171 Å². The van der Waals surface area contributed by atoms with Crippen molar-refractivity contribution >= 4 is 35.5 Å². The average molecular weight is 531 g/mol. The van der Waals surface area contributed by atoms with Gasteiger partial charge < -0.3 is 31.9 Å². The molecule has 0 saturated heterocycles. The molecule has 0 fully saturated rings. The summed E-state index contributed by atoms with van der Waals surface area (Å²) in [5, 5.41) is 26.6. The molecule has 7 N–H and O–H groups in total. The number of carbonyl (C=O) groups excluding carboxylic acids is 3. The van der Waals surface area contributed by atoms with Gasteiger partial charge in [0.15, 0.2) is 0 Å². The third kappa shape index (κ3) is 10.1. The number of thioether (sulfide) groups is 1. The van der Waals surface area contributed by atoms with E-state index in [-0.39, 0.29) is 25.0 Å². The molecule has 2 rings (SSSR count). The number of phenols is 1. The Kier molecular flexibility index (Phi) is 11.9. The highest BCUT2D eigenvalue weighted by atomic mass is 32.2. The number of carbonyl (C=O) groups is 4. The fourth-order valence-corrected chi connectivity index (χ4v) is 3.96. The summed E-state index contributed by atoms with van der Waals surface area (Å²) in [6.45, 7) is 1.47. The summed E-state index contributed by atoms with van der Waals surface area (Å²) in [7, 11) is 0. The smallest absolute Gasteiger partial charge is 0.326 e. The summed E-state index contributed by atoms with van der Waals surface area (Å²) < 4.78 is 0. The van der Waals surface area contributed by atoms with E-state index in [1.54, 1.807) is 36.4 Å². The molecule has 37 heavy (non-hydrogen) atoms. The summed E-state index contributed by atoms with van der Waals surface area (Å²) in [6.07, 6.45) is 2.41.